The van der Waals surface area contributed by atoms with Crippen molar-refractivity contribution in [3.63, 3.8) is 0 Å². The van der Waals surface area contributed by atoms with Gasteiger partial charge in [0.05, 0.1) is 13.2 Å². The second-order valence-electron chi connectivity index (χ2n) is 4.06. The maximum Gasteiger partial charge on any atom is 0.183 e. The van der Waals surface area contributed by atoms with Gasteiger partial charge in [0.25, 0.3) is 0 Å². The Morgan fingerprint density at radius 2 is 1.94 bits per heavy atom. The summed E-state index contributed by atoms with van der Waals surface area (Å²) in [6, 6.07) is 3.65. The second kappa shape index (κ2) is 5.38. The third kappa shape index (κ3) is 2.90. The van der Waals surface area contributed by atoms with Crippen LogP contribution in [0.4, 0.5) is 8.78 Å². The molecular weight excluding hydrogens is 226 g/mol. The highest BCUT2D eigenvalue weighted by Crippen LogP contribution is 2.27. The van der Waals surface area contributed by atoms with Crippen molar-refractivity contribution >= 4 is 0 Å². The molecule has 0 unspecified atom stereocenters. The Hall–Kier alpha value is -1.26. The molecule has 17 heavy (non-hydrogen) atoms. The number of allylic oxidation sites excluding steroid dienone is 1. The first kappa shape index (κ1) is 12.2. The van der Waals surface area contributed by atoms with Crippen LogP contribution in [0, 0.1) is 17.6 Å². The van der Waals surface area contributed by atoms with E-state index in [0.29, 0.717) is 18.8 Å². The molecule has 1 heterocycles. The average molecular weight is 240 g/mol. The third-order valence-corrected chi connectivity index (χ3v) is 2.68. The third-order valence-electron chi connectivity index (χ3n) is 2.68. The number of halogens is 2. The molecule has 0 atom stereocenters. The molecule has 1 aliphatic rings. The van der Waals surface area contributed by atoms with Crippen molar-refractivity contribution in [2.45, 2.75) is 12.7 Å². The molecule has 0 bridgehead atoms. The highest BCUT2D eigenvalue weighted by Gasteiger charge is 2.23. The molecule has 2 nitrogen and oxygen atoms in total. The van der Waals surface area contributed by atoms with Gasteiger partial charge in [-0.3, -0.25) is 0 Å². The van der Waals surface area contributed by atoms with Gasteiger partial charge < -0.3 is 9.47 Å². The van der Waals surface area contributed by atoms with Gasteiger partial charge in [0.1, 0.15) is 0 Å². The molecule has 0 radical (unpaired) electrons. The number of ether oxygens (including phenoxy) is 2. The smallest absolute Gasteiger partial charge is 0.183 e. The van der Waals surface area contributed by atoms with Crippen LogP contribution in [0.15, 0.2) is 30.9 Å². The SMILES string of the molecule is C=CC[C@H]1CO[C@H](c2ccc(F)c(F)c2)OC1. The summed E-state index contributed by atoms with van der Waals surface area (Å²) in [5.74, 6) is -1.47. The minimum absolute atomic E-state index is 0.286. The van der Waals surface area contributed by atoms with Crippen LogP contribution in [0.1, 0.15) is 18.3 Å². The topological polar surface area (TPSA) is 18.5 Å². The molecular formula is C13H14F2O2. The lowest BCUT2D eigenvalue weighted by Gasteiger charge is -2.29. The van der Waals surface area contributed by atoms with Crippen molar-refractivity contribution in [2.75, 3.05) is 13.2 Å². The normalized spacial score (nSPS) is 24.6. The molecule has 1 aromatic rings. The van der Waals surface area contributed by atoms with Gasteiger partial charge in [-0.25, -0.2) is 8.78 Å². The molecule has 92 valence electrons. The lowest BCUT2D eigenvalue weighted by atomic mass is 10.1. The first-order chi connectivity index (χ1) is 8.20. The molecule has 0 N–H and O–H groups in total. The Morgan fingerprint density at radius 3 is 2.53 bits per heavy atom. The second-order valence-corrected chi connectivity index (χ2v) is 4.06. The predicted octanol–water partition coefficient (Wildman–Crippen LogP) is 3.20. The van der Waals surface area contributed by atoms with Crippen LogP contribution in [0.5, 0.6) is 0 Å². The molecule has 1 fully saturated rings. The summed E-state index contributed by atoms with van der Waals surface area (Å²) >= 11 is 0. The van der Waals surface area contributed by atoms with Gasteiger partial charge in [0.2, 0.25) is 0 Å². The number of hydrogen-bond acceptors (Lipinski definition) is 2. The van der Waals surface area contributed by atoms with E-state index in [1.807, 2.05) is 6.08 Å². The van der Waals surface area contributed by atoms with E-state index < -0.39 is 17.9 Å². The molecule has 0 amide bonds. The number of rotatable bonds is 3. The summed E-state index contributed by atoms with van der Waals surface area (Å²) in [6.07, 6.45) is 2.03. The fraction of sp³-hybridized carbons (Fsp3) is 0.385. The van der Waals surface area contributed by atoms with Crippen LogP contribution in [-0.4, -0.2) is 13.2 Å². The molecule has 2 rings (SSSR count). The van der Waals surface area contributed by atoms with Gasteiger partial charge in [0.15, 0.2) is 17.9 Å². The molecule has 4 heteroatoms. The van der Waals surface area contributed by atoms with Crippen molar-refractivity contribution in [2.24, 2.45) is 5.92 Å². The van der Waals surface area contributed by atoms with Crippen molar-refractivity contribution < 1.29 is 18.3 Å². The van der Waals surface area contributed by atoms with Gasteiger partial charge in [-0.15, -0.1) is 6.58 Å². The molecule has 0 saturated carbocycles. The van der Waals surface area contributed by atoms with E-state index >= 15 is 0 Å². The molecule has 0 spiro atoms. The van der Waals surface area contributed by atoms with Gasteiger partial charge >= 0.3 is 0 Å². The van der Waals surface area contributed by atoms with Crippen LogP contribution in [0.2, 0.25) is 0 Å². The maximum absolute atomic E-state index is 13.0. The Labute approximate surface area is 98.8 Å². The van der Waals surface area contributed by atoms with E-state index in [0.717, 1.165) is 18.6 Å². The van der Waals surface area contributed by atoms with Crippen molar-refractivity contribution in [3.05, 3.63) is 48.1 Å². The number of benzene rings is 1. The number of hydrogen-bond donors (Lipinski definition) is 0. The van der Waals surface area contributed by atoms with E-state index in [1.165, 1.54) is 6.07 Å². The zero-order chi connectivity index (χ0) is 12.3. The Kier molecular flexibility index (Phi) is 3.86. The Balaban J connectivity index is 2.00. The van der Waals surface area contributed by atoms with Crippen molar-refractivity contribution in [1.82, 2.24) is 0 Å². The summed E-state index contributed by atoms with van der Waals surface area (Å²) in [6.45, 7) is 4.73. The molecule has 1 aliphatic heterocycles. The summed E-state index contributed by atoms with van der Waals surface area (Å²) in [5.41, 5.74) is 0.501. The van der Waals surface area contributed by atoms with Gasteiger partial charge in [0, 0.05) is 11.5 Å². The molecule has 0 aromatic heterocycles. The molecule has 1 aromatic carbocycles. The Bertz CT molecular complexity index is 398. The van der Waals surface area contributed by atoms with Crippen LogP contribution >= 0.6 is 0 Å². The maximum atomic E-state index is 13.0. The van der Waals surface area contributed by atoms with E-state index in [9.17, 15) is 8.78 Å². The van der Waals surface area contributed by atoms with E-state index in [2.05, 4.69) is 6.58 Å². The molecule has 0 aliphatic carbocycles. The largest absolute Gasteiger partial charge is 0.348 e. The predicted molar refractivity (Wildman–Crippen MR) is 59.3 cm³/mol. The zero-order valence-electron chi connectivity index (χ0n) is 9.36. The van der Waals surface area contributed by atoms with E-state index in [4.69, 9.17) is 9.47 Å². The Morgan fingerprint density at radius 1 is 1.24 bits per heavy atom. The fourth-order valence-corrected chi connectivity index (χ4v) is 1.77. The molecule has 1 saturated heterocycles. The summed E-state index contributed by atoms with van der Waals surface area (Å²) in [7, 11) is 0. The van der Waals surface area contributed by atoms with Crippen LogP contribution in [-0.2, 0) is 9.47 Å². The van der Waals surface area contributed by atoms with Crippen molar-refractivity contribution in [3.8, 4) is 0 Å². The van der Waals surface area contributed by atoms with E-state index in [-0.39, 0.29) is 5.92 Å². The van der Waals surface area contributed by atoms with Crippen LogP contribution in [0.3, 0.4) is 0 Å². The fourth-order valence-electron chi connectivity index (χ4n) is 1.77. The van der Waals surface area contributed by atoms with Crippen LogP contribution < -0.4 is 0 Å². The zero-order valence-corrected chi connectivity index (χ0v) is 9.36. The van der Waals surface area contributed by atoms with Crippen molar-refractivity contribution in [1.29, 1.82) is 0 Å². The minimum atomic E-state index is -0.886. The highest BCUT2D eigenvalue weighted by molar-refractivity contribution is 5.19. The van der Waals surface area contributed by atoms with E-state index in [1.54, 1.807) is 0 Å². The van der Waals surface area contributed by atoms with Gasteiger partial charge in [-0.05, 0) is 18.6 Å². The first-order valence-corrected chi connectivity index (χ1v) is 5.49. The average Bonchev–Trinajstić information content (AvgIpc) is 2.34. The van der Waals surface area contributed by atoms with Gasteiger partial charge in [-0.1, -0.05) is 12.1 Å². The standard InChI is InChI=1S/C13H14F2O2/c1-2-3-9-7-16-13(17-8-9)10-4-5-11(14)12(15)6-10/h2,4-6,9,13H,1,3,7-8H2/t9-,13-. The van der Waals surface area contributed by atoms with Gasteiger partial charge in [-0.2, -0.15) is 0 Å². The van der Waals surface area contributed by atoms with Crippen LogP contribution in [0.25, 0.3) is 0 Å². The summed E-state index contributed by atoms with van der Waals surface area (Å²) in [5, 5.41) is 0. The summed E-state index contributed by atoms with van der Waals surface area (Å²) in [4.78, 5) is 0. The monoisotopic (exact) mass is 240 g/mol. The lowest BCUT2D eigenvalue weighted by Crippen LogP contribution is -2.26. The lowest BCUT2D eigenvalue weighted by molar-refractivity contribution is -0.204. The minimum Gasteiger partial charge on any atom is -0.348 e. The highest BCUT2D eigenvalue weighted by atomic mass is 19.2. The first-order valence-electron chi connectivity index (χ1n) is 5.49. The summed E-state index contributed by atoms with van der Waals surface area (Å²) < 4.78 is 36.7. The quantitative estimate of drug-likeness (QED) is 0.755.